The molecule has 136 valence electrons. The van der Waals surface area contributed by atoms with Crippen LogP contribution >= 0.6 is 15.9 Å². The molecule has 0 saturated heterocycles. The number of imidazole rings is 1. The summed E-state index contributed by atoms with van der Waals surface area (Å²) in [6, 6.07) is 18.5. The molecular formula is C23H15BrFN3. The lowest BCUT2D eigenvalue weighted by atomic mass is 10.1. The van der Waals surface area contributed by atoms with E-state index < -0.39 is 0 Å². The van der Waals surface area contributed by atoms with E-state index in [0.29, 0.717) is 27.4 Å². The Morgan fingerprint density at radius 1 is 0.964 bits per heavy atom. The van der Waals surface area contributed by atoms with Gasteiger partial charge in [-0.25, -0.2) is 14.4 Å². The average Bonchev–Trinajstić information content (AvgIpc) is 3.08. The van der Waals surface area contributed by atoms with Crippen LogP contribution in [0.5, 0.6) is 0 Å². The smallest absolute Gasteiger partial charge is 0.142 e. The molecule has 0 bridgehead atoms. The molecule has 2 heterocycles. The molecule has 0 spiro atoms. The molecule has 0 fully saturated rings. The highest BCUT2D eigenvalue weighted by molar-refractivity contribution is 9.10. The third-order valence-electron chi connectivity index (χ3n) is 4.26. The summed E-state index contributed by atoms with van der Waals surface area (Å²) in [7, 11) is 0. The molecule has 0 atom stereocenters. The molecule has 28 heavy (non-hydrogen) atoms. The summed E-state index contributed by atoms with van der Waals surface area (Å²) in [6.45, 7) is 1.86. The second kappa shape index (κ2) is 7.79. The van der Waals surface area contributed by atoms with Crippen LogP contribution in [0.1, 0.15) is 16.8 Å². The Bertz CT molecular complexity index is 1170. The van der Waals surface area contributed by atoms with Crippen molar-refractivity contribution in [1.29, 1.82) is 0 Å². The lowest BCUT2D eigenvalue weighted by molar-refractivity contribution is 0.629. The first kappa shape index (κ1) is 18.1. The van der Waals surface area contributed by atoms with Gasteiger partial charge in [0.05, 0.1) is 5.56 Å². The van der Waals surface area contributed by atoms with E-state index in [2.05, 4.69) is 42.7 Å². The van der Waals surface area contributed by atoms with Crippen LogP contribution in [0.4, 0.5) is 4.39 Å². The Hall–Kier alpha value is -3.23. The molecule has 4 aromatic rings. The van der Waals surface area contributed by atoms with Gasteiger partial charge < -0.3 is 4.98 Å². The maximum Gasteiger partial charge on any atom is 0.142 e. The SMILES string of the molecule is Cc1cccc(F)c1-c1nc(-c2ccc(C#Cc3ccccc3)nc2)c(Br)[nH]1. The molecule has 4 rings (SSSR count). The van der Waals surface area contributed by atoms with Crippen molar-refractivity contribution in [3.8, 4) is 34.5 Å². The predicted octanol–water partition coefficient (Wildman–Crippen LogP) is 5.75. The monoisotopic (exact) mass is 431 g/mol. The van der Waals surface area contributed by atoms with Gasteiger partial charge in [-0.15, -0.1) is 0 Å². The van der Waals surface area contributed by atoms with Gasteiger partial charge in [0.2, 0.25) is 0 Å². The van der Waals surface area contributed by atoms with Gasteiger partial charge in [0.15, 0.2) is 0 Å². The quantitative estimate of drug-likeness (QED) is 0.410. The normalized spacial score (nSPS) is 10.4. The van der Waals surface area contributed by atoms with Crippen molar-refractivity contribution in [1.82, 2.24) is 15.0 Å². The topological polar surface area (TPSA) is 41.6 Å². The van der Waals surface area contributed by atoms with Crippen LogP contribution in [0.3, 0.4) is 0 Å². The van der Waals surface area contributed by atoms with E-state index in [1.807, 2.05) is 55.5 Å². The standard InChI is InChI=1S/C23H15BrFN3/c1-15-6-5-9-19(25)20(15)23-27-21(22(24)28-23)17-11-13-18(26-14-17)12-10-16-7-3-2-4-8-16/h2-9,11,13-14H,1H3,(H,27,28). The van der Waals surface area contributed by atoms with Crippen molar-refractivity contribution in [2.24, 2.45) is 0 Å². The minimum atomic E-state index is -0.308. The second-order valence-corrected chi connectivity index (χ2v) is 7.02. The zero-order valence-electron chi connectivity index (χ0n) is 15.0. The van der Waals surface area contributed by atoms with Crippen molar-refractivity contribution in [3.05, 3.63) is 94.1 Å². The first-order valence-electron chi connectivity index (χ1n) is 8.66. The van der Waals surface area contributed by atoms with Crippen LogP contribution < -0.4 is 0 Å². The van der Waals surface area contributed by atoms with Crippen LogP contribution in [0.25, 0.3) is 22.6 Å². The fraction of sp³-hybridized carbons (Fsp3) is 0.0435. The number of benzene rings is 2. The van der Waals surface area contributed by atoms with Crippen LogP contribution in [-0.2, 0) is 0 Å². The fourth-order valence-electron chi connectivity index (χ4n) is 2.86. The van der Waals surface area contributed by atoms with Gasteiger partial charge in [0.25, 0.3) is 0 Å². The zero-order valence-corrected chi connectivity index (χ0v) is 16.6. The van der Waals surface area contributed by atoms with Crippen molar-refractivity contribution >= 4 is 15.9 Å². The number of aromatic amines is 1. The molecule has 3 nitrogen and oxygen atoms in total. The molecule has 5 heteroatoms. The zero-order chi connectivity index (χ0) is 19.5. The molecule has 0 unspecified atom stereocenters. The Labute approximate surface area is 170 Å². The number of rotatable bonds is 2. The molecule has 0 radical (unpaired) electrons. The number of aryl methyl sites for hydroxylation is 1. The van der Waals surface area contributed by atoms with Gasteiger partial charge in [-0.05, 0) is 64.7 Å². The fourth-order valence-corrected chi connectivity index (χ4v) is 3.36. The summed E-state index contributed by atoms with van der Waals surface area (Å²) in [5.41, 5.74) is 4.38. The van der Waals surface area contributed by atoms with E-state index in [1.165, 1.54) is 6.07 Å². The first-order chi connectivity index (χ1) is 13.6. The summed E-state index contributed by atoms with van der Waals surface area (Å²) in [6.07, 6.45) is 1.72. The highest BCUT2D eigenvalue weighted by Crippen LogP contribution is 2.31. The van der Waals surface area contributed by atoms with E-state index >= 15 is 0 Å². The molecule has 1 N–H and O–H groups in total. The second-order valence-electron chi connectivity index (χ2n) is 6.23. The Balaban J connectivity index is 1.64. The van der Waals surface area contributed by atoms with E-state index in [-0.39, 0.29) is 5.82 Å². The number of hydrogen-bond donors (Lipinski definition) is 1. The highest BCUT2D eigenvalue weighted by atomic mass is 79.9. The summed E-state index contributed by atoms with van der Waals surface area (Å²) in [5.74, 6) is 6.30. The molecule has 0 amide bonds. The van der Waals surface area contributed by atoms with Crippen LogP contribution in [-0.4, -0.2) is 15.0 Å². The summed E-state index contributed by atoms with van der Waals surface area (Å²) in [5, 5.41) is 0. The number of nitrogens with one attached hydrogen (secondary N) is 1. The number of pyridine rings is 1. The van der Waals surface area contributed by atoms with Crippen LogP contribution in [0.15, 0.2) is 71.5 Å². The number of hydrogen-bond acceptors (Lipinski definition) is 2. The molecule has 2 aromatic carbocycles. The van der Waals surface area contributed by atoms with E-state index in [0.717, 1.165) is 16.7 Å². The van der Waals surface area contributed by atoms with Crippen molar-refractivity contribution in [2.45, 2.75) is 6.92 Å². The molecular weight excluding hydrogens is 417 g/mol. The molecule has 2 aromatic heterocycles. The maximum absolute atomic E-state index is 14.3. The number of nitrogens with zero attached hydrogens (tertiary/aromatic N) is 2. The van der Waals surface area contributed by atoms with Crippen LogP contribution in [0.2, 0.25) is 0 Å². The Kier molecular flexibility index (Phi) is 5.05. The third kappa shape index (κ3) is 3.73. The minimum Gasteiger partial charge on any atom is -0.332 e. The van der Waals surface area contributed by atoms with E-state index in [4.69, 9.17) is 0 Å². The first-order valence-corrected chi connectivity index (χ1v) is 9.45. The minimum absolute atomic E-state index is 0.308. The number of halogens is 2. The summed E-state index contributed by atoms with van der Waals surface area (Å²) in [4.78, 5) is 12.1. The summed E-state index contributed by atoms with van der Waals surface area (Å²) >= 11 is 3.48. The van der Waals surface area contributed by atoms with Crippen molar-refractivity contribution in [2.75, 3.05) is 0 Å². The van der Waals surface area contributed by atoms with Gasteiger partial charge in [0, 0.05) is 17.3 Å². The van der Waals surface area contributed by atoms with Gasteiger partial charge >= 0.3 is 0 Å². The van der Waals surface area contributed by atoms with Crippen LogP contribution in [0, 0.1) is 24.6 Å². The largest absolute Gasteiger partial charge is 0.332 e. The number of H-pyrrole nitrogens is 1. The number of aromatic nitrogens is 3. The molecule has 0 aliphatic rings. The van der Waals surface area contributed by atoms with Crippen molar-refractivity contribution < 1.29 is 4.39 Å². The lowest BCUT2D eigenvalue weighted by Crippen LogP contribution is -1.90. The predicted molar refractivity (Wildman–Crippen MR) is 112 cm³/mol. The Morgan fingerprint density at radius 2 is 1.79 bits per heavy atom. The highest BCUT2D eigenvalue weighted by Gasteiger charge is 2.16. The van der Waals surface area contributed by atoms with E-state index in [1.54, 1.807) is 12.3 Å². The molecule has 0 saturated carbocycles. The van der Waals surface area contributed by atoms with Gasteiger partial charge in [0.1, 0.15) is 27.6 Å². The van der Waals surface area contributed by atoms with Gasteiger partial charge in [-0.3, -0.25) is 0 Å². The van der Waals surface area contributed by atoms with E-state index in [9.17, 15) is 4.39 Å². The van der Waals surface area contributed by atoms with Gasteiger partial charge in [-0.2, -0.15) is 0 Å². The van der Waals surface area contributed by atoms with Gasteiger partial charge in [-0.1, -0.05) is 36.3 Å². The molecule has 0 aliphatic heterocycles. The molecule has 0 aliphatic carbocycles. The maximum atomic E-state index is 14.3. The third-order valence-corrected chi connectivity index (χ3v) is 4.84. The Morgan fingerprint density at radius 3 is 2.50 bits per heavy atom. The van der Waals surface area contributed by atoms with Crippen molar-refractivity contribution in [3.63, 3.8) is 0 Å². The average molecular weight is 432 g/mol. The summed E-state index contributed by atoms with van der Waals surface area (Å²) < 4.78 is 14.9. The lowest BCUT2D eigenvalue weighted by Gasteiger charge is -2.03.